The molecule has 2 aromatic heterocycles. The van der Waals surface area contributed by atoms with Crippen molar-refractivity contribution < 1.29 is 14.9 Å². The quantitative estimate of drug-likeness (QED) is 0.447. The Bertz CT molecular complexity index is 1130. The third-order valence-corrected chi connectivity index (χ3v) is 6.95. The van der Waals surface area contributed by atoms with Crippen molar-refractivity contribution in [2.45, 2.75) is 50.7 Å². The van der Waals surface area contributed by atoms with Gasteiger partial charge < -0.3 is 30.2 Å². The molecule has 1 aliphatic carbocycles. The van der Waals surface area contributed by atoms with Crippen molar-refractivity contribution in [1.82, 2.24) is 19.9 Å². The number of ether oxygens (including phenoxy) is 1. The second-order valence-electron chi connectivity index (χ2n) is 8.32. The topological polar surface area (TPSA) is 104 Å². The van der Waals surface area contributed by atoms with Gasteiger partial charge in [-0.3, -0.25) is 0 Å². The van der Waals surface area contributed by atoms with Gasteiger partial charge in [0.25, 0.3) is 0 Å². The highest BCUT2D eigenvalue weighted by Crippen LogP contribution is 2.40. The molecule has 1 saturated carbocycles. The van der Waals surface area contributed by atoms with Crippen molar-refractivity contribution in [2.24, 2.45) is 0 Å². The van der Waals surface area contributed by atoms with Crippen LogP contribution in [0.25, 0.3) is 11.0 Å². The Balaban J connectivity index is 1.47. The molecule has 0 radical (unpaired) electrons. The summed E-state index contributed by atoms with van der Waals surface area (Å²) in [5.41, 5.74) is 4.26. The molecule has 164 valence electrons. The van der Waals surface area contributed by atoms with E-state index in [1.54, 1.807) is 7.05 Å². The molecule has 3 aromatic rings. The molecule has 9 heteroatoms. The first-order chi connectivity index (χ1) is 15.0. The zero-order valence-corrected chi connectivity index (χ0v) is 19.1. The van der Waals surface area contributed by atoms with Crippen LogP contribution in [-0.2, 0) is 13.0 Å². The molecule has 0 amide bonds. The number of aliphatic hydroxyl groups excluding tert-OH is 2. The summed E-state index contributed by atoms with van der Waals surface area (Å²) in [6.07, 6.45) is 2.32. The van der Waals surface area contributed by atoms with Crippen LogP contribution in [0, 0.1) is 6.92 Å². The van der Waals surface area contributed by atoms with E-state index in [2.05, 4.69) is 49.5 Å². The maximum Gasteiger partial charge on any atom is 0.147 e. The van der Waals surface area contributed by atoms with E-state index in [9.17, 15) is 10.2 Å². The molecular formula is C22H26BrN5O3. The highest BCUT2D eigenvalue weighted by atomic mass is 79.9. The second kappa shape index (κ2) is 8.05. The molecule has 5 rings (SSSR count). The molecule has 2 aliphatic rings. The molecule has 4 N–H and O–H groups in total. The van der Waals surface area contributed by atoms with Gasteiger partial charge in [0.1, 0.15) is 41.9 Å². The largest absolute Gasteiger partial charge is 0.487 e. The predicted molar refractivity (Wildman–Crippen MR) is 121 cm³/mol. The number of rotatable bonds is 4. The van der Waals surface area contributed by atoms with E-state index in [0.717, 1.165) is 46.2 Å². The summed E-state index contributed by atoms with van der Waals surface area (Å²) in [6.45, 7) is 3.76. The molecule has 1 aromatic carbocycles. The van der Waals surface area contributed by atoms with E-state index in [0.29, 0.717) is 17.9 Å². The Kier molecular flexibility index (Phi) is 5.37. The number of benzene rings is 1. The fourth-order valence-corrected chi connectivity index (χ4v) is 5.41. The molecule has 31 heavy (non-hydrogen) atoms. The van der Waals surface area contributed by atoms with E-state index in [1.165, 1.54) is 11.9 Å². The van der Waals surface area contributed by atoms with Crippen molar-refractivity contribution in [3.8, 4) is 5.75 Å². The number of anilines is 1. The maximum atomic E-state index is 10.9. The van der Waals surface area contributed by atoms with Gasteiger partial charge in [-0.15, -0.1) is 0 Å². The SMILES string of the molecule is CNc1ncnc2c1c(Br)cn2C1CC(Oc2cc(C)cc3c2CNCC3)[C@@H](O)[C@H]1O. The van der Waals surface area contributed by atoms with E-state index in [4.69, 9.17) is 4.74 Å². The van der Waals surface area contributed by atoms with Crippen LogP contribution in [0.2, 0.25) is 0 Å². The molecule has 1 aliphatic heterocycles. The number of aromatic nitrogens is 3. The van der Waals surface area contributed by atoms with Gasteiger partial charge in [-0.2, -0.15) is 0 Å². The first kappa shape index (κ1) is 20.7. The lowest BCUT2D eigenvalue weighted by atomic mass is 9.97. The van der Waals surface area contributed by atoms with Gasteiger partial charge in [-0.25, -0.2) is 9.97 Å². The highest BCUT2D eigenvalue weighted by molar-refractivity contribution is 9.10. The Morgan fingerprint density at radius 3 is 2.90 bits per heavy atom. The number of aryl methyl sites for hydroxylation is 1. The number of fused-ring (bicyclic) bond motifs is 2. The maximum absolute atomic E-state index is 10.9. The van der Waals surface area contributed by atoms with Gasteiger partial charge in [0.05, 0.1) is 11.4 Å². The normalized spacial score (nSPS) is 25.6. The standard InChI is InChI=1S/C22H26BrN5O3/c1-11-5-12-3-4-25-8-13(12)16(6-11)31-17-7-15(19(29)20(17)30)28-9-14(23)18-21(24-2)26-10-27-22(18)28/h5-6,9-10,15,17,19-20,25,29-30H,3-4,7-8H2,1-2H3,(H,24,26,27)/t15?,17?,19-,20+/m0/s1. The minimum absolute atomic E-state index is 0.368. The smallest absolute Gasteiger partial charge is 0.147 e. The van der Waals surface area contributed by atoms with Gasteiger partial charge in [0.15, 0.2) is 0 Å². The molecule has 0 bridgehead atoms. The van der Waals surface area contributed by atoms with Crippen molar-refractivity contribution in [2.75, 3.05) is 18.9 Å². The monoisotopic (exact) mass is 487 g/mol. The van der Waals surface area contributed by atoms with Crippen molar-refractivity contribution in [1.29, 1.82) is 0 Å². The van der Waals surface area contributed by atoms with Crippen LogP contribution in [0.5, 0.6) is 5.75 Å². The van der Waals surface area contributed by atoms with Crippen LogP contribution >= 0.6 is 15.9 Å². The van der Waals surface area contributed by atoms with Gasteiger partial charge in [0.2, 0.25) is 0 Å². The molecular weight excluding hydrogens is 462 g/mol. The number of aliphatic hydroxyl groups is 2. The molecule has 4 atom stereocenters. The summed E-state index contributed by atoms with van der Waals surface area (Å²) in [5, 5.41) is 29.1. The van der Waals surface area contributed by atoms with Crippen LogP contribution in [0.4, 0.5) is 5.82 Å². The minimum Gasteiger partial charge on any atom is -0.487 e. The summed E-state index contributed by atoms with van der Waals surface area (Å²) >= 11 is 3.59. The Morgan fingerprint density at radius 1 is 1.26 bits per heavy atom. The number of halogens is 1. The van der Waals surface area contributed by atoms with Crippen LogP contribution in [0.1, 0.15) is 29.2 Å². The summed E-state index contributed by atoms with van der Waals surface area (Å²) in [5.74, 6) is 1.49. The van der Waals surface area contributed by atoms with Crippen molar-refractivity contribution in [3.05, 3.63) is 45.8 Å². The van der Waals surface area contributed by atoms with E-state index >= 15 is 0 Å². The van der Waals surface area contributed by atoms with Crippen LogP contribution in [0.3, 0.4) is 0 Å². The summed E-state index contributed by atoms with van der Waals surface area (Å²) in [6, 6.07) is 3.85. The number of nitrogens with one attached hydrogen (secondary N) is 2. The zero-order valence-electron chi connectivity index (χ0n) is 17.5. The van der Waals surface area contributed by atoms with Gasteiger partial charge in [0, 0.05) is 36.2 Å². The van der Waals surface area contributed by atoms with Crippen LogP contribution in [0.15, 0.2) is 29.1 Å². The number of hydrogen-bond donors (Lipinski definition) is 4. The minimum atomic E-state index is -1.00. The second-order valence-corrected chi connectivity index (χ2v) is 9.18. The van der Waals surface area contributed by atoms with E-state index in [1.807, 2.05) is 16.8 Å². The molecule has 8 nitrogen and oxygen atoms in total. The van der Waals surface area contributed by atoms with Crippen LogP contribution in [-0.4, -0.2) is 56.7 Å². The third-order valence-electron chi connectivity index (χ3n) is 6.35. The first-order valence-electron chi connectivity index (χ1n) is 10.5. The molecule has 1 fully saturated rings. The number of hydrogen-bond acceptors (Lipinski definition) is 7. The van der Waals surface area contributed by atoms with Gasteiger partial charge in [-0.05, 0) is 53.0 Å². The zero-order chi connectivity index (χ0) is 21.7. The van der Waals surface area contributed by atoms with Gasteiger partial charge >= 0.3 is 0 Å². The molecule has 0 spiro atoms. The van der Waals surface area contributed by atoms with Crippen LogP contribution < -0.4 is 15.4 Å². The summed E-state index contributed by atoms with van der Waals surface area (Å²) in [4.78, 5) is 8.70. The fraction of sp³-hybridized carbons (Fsp3) is 0.455. The molecule has 3 heterocycles. The van der Waals surface area contributed by atoms with Gasteiger partial charge in [-0.1, -0.05) is 6.07 Å². The third kappa shape index (κ3) is 3.49. The Morgan fingerprint density at radius 2 is 2.10 bits per heavy atom. The average molecular weight is 488 g/mol. The molecule has 2 unspecified atom stereocenters. The highest BCUT2D eigenvalue weighted by Gasteiger charge is 2.45. The number of nitrogens with zero attached hydrogens (tertiary/aromatic N) is 3. The van der Waals surface area contributed by atoms with Crippen molar-refractivity contribution in [3.63, 3.8) is 0 Å². The summed E-state index contributed by atoms with van der Waals surface area (Å²) in [7, 11) is 1.81. The van der Waals surface area contributed by atoms with E-state index in [-0.39, 0.29) is 6.04 Å². The van der Waals surface area contributed by atoms with E-state index < -0.39 is 18.3 Å². The Hall–Kier alpha value is -2.20. The lowest BCUT2D eigenvalue weighted by Crippen LogP contribution is -2.35. The Labute approximate surface area is 188 Å². The lowest BCUT2D eigenvalue weighted by molar-refractivity contribution is -0.0166. The first-order valence-corrected chi connectivity index (χ1v) is 11.3. The lowest BCUT2D eigenvalue weighted by Gasteiger charge is -2.25. The average Bonchev–Trinajstić information content (AvgIpc) is 3.25. The van der Waals surface area contributed by atoms with Crippen molar-refractivity contribution >= 4 is 32.8 Å². The molecule has 0 saturated heterocycles. The predicted octanol–water partition coefficient (Wildman–Crippen LogP) is 2.30. The summed E-state index contributed by atoms with van der Waals surface area (Å²) < 4.78 is 9.07. The fourth-order valence-electron chi connectivity index (χ4n) is 4.83.